The fraction of sp³-hybridized carbons (Fsp3) is 0.450. The molecule has 0 radical (unpaired) electrons. The fourth-order valence-corrected chi connectivity index (χ4v) is 5.33. The number of carbonyl (C=O) groups is 1. The third-order valence-corrected chi connectivity index (χ3v) is 6.70. The predicted octanol–water partition coefficient (Wildman–Crippen LogP) is 3.89. The second kappa shape index (κ2) is 7.02. The minimum Gasteiger partial charge on any atom is -0.481 e. The van der Waals surface area contributed by atoms with Gasteiger partial charge in [0.05, 0.1) is 29.6 Å². The van der Waals surface area contributed by atoms with E-state index < -0.39 is 17.7 Å². The van der Waals surface area contributed by atoms with Crippen molar-refractivity contribution in [1.82, 2.24) is 24.9 Å². The van der Waals surface area contributed by atoms with Gasteiger partial charge in [0.25, 0.3) is 0 Å². The molecule has 0 unspecified atom stereocenters. The van der Waals surface area contributed by atoms with Crippen molar-refractivity contribution in [2.75, 3.05) is 0 Å². The molecule has 0 amide bonds. The minimum atomic E-state index is -0.777. The quantitative estimate of drug-likeness (QED) is 0.669. The van der Waals surface area contributed by atoms with Gasteiger partial charge in [0.2, 0.25) is 0 Å². The molecule has 3 saturated carbocycles. The Bertz CT molecular complexity index is 1100. The van der Waals surface area contributed by atoms with Crippen molar-refractivity contribution in [2.45, 2.75) is 32.1 Å². The SMILES string of the molecule is O=C(O)[C@H]1C2CCC(CC2)[C@@H]1Cc1nc(-c2c[nH]c3ncc(Cl)nc23)ncc1F. The van der Waals surface area contributed by atoms with Crippen LogP contribution >= 0.6 is 11.6 Å². The molecule has 3 aliphatic rings. The zero-order chi connectivity index (χ0) is 20.1. The first-order chi connectivity index (χ1) is 14.0. The van der Waals surface area contributed by atoms with Gasteiger partial charge in [-0.1, -0.05) is 11.6 Å². The van der Waals surface area contributed by atoms with Gasteiger partial charge in [-0.25, -0.2) is 24.3 Å². The van der Waals surface area contributed by atoms with Gasteiger partial charge in [0.1, 0.15) is 10.7 Å². The highest BCUT2D eigenvalue weighted by atomic mass is 35.5. The monoisotopic (exact) mass is 415 g/mol. The number of halogens is 2. The summed E-state index contributed by atoms with van der Waals surface area (Å²) >= 11 is 5.96. The van der Waals surface area contributed by atoms with Gasteiger partial charge < -0.3 is 10.1 Å². The Morgan fingerprint density at radius 2 is 1.93 bits per heavy atom. The molecule has 3 aromatic rings. The average molecular weight is 416 g/mol. The highest BCUT2D eigenvalue weighted by Crippen LogP contribution is 2.50. The number of aromatic amines is 1. The van der Waals surface area contributed by atoms with E-state index in [1.165, 1.54) is 6.20 Å². The normalized spacial score (nSPS) is 26.1. The Kier molecular flexibility index (Phi) is 4.46. The van der Waals surface area contributed by atoms with Crippen molar-refractivity contribution in [1.29, 1.82) is 0 Å². The molecule has 3 aromatic heterocycles. The van der Waals surface area contributed by atoms with Crippen molar-refractivity contribution >= 4 is 28.7 Å². The molecule has 29 heavy (non-hydrogen) atoms. The van der Waals surface area contributed by atoms with Gasteiger partial charge in [-0.3, -0.25) is 4.79 Å². The molecule has 3 fully saturated rings. The summed E-state index contributed by atoms with van der Waals surface area (Å²) in [6.45, 7) is 0. The smallest absolute Gasteiger partial charge is 0.307 e. The molecule has 9 heteroatoms. The van der Waals surface area contributed by atoms with Crippen molar-refractivity contribution in [3.05, 3.63) is 35.3 Å². The highest BCUT2D eigenvalue weighted by molar-refractivity contribution is 6.29. The molecule has 150 valence electrons. The van der Waals surface area contributed by atoms with Crippen LogP contribution in [0.3, 0.4) is 0 Å². The maximum absolute atomic E-state index is 14.6. The van der Waals surface area contributed by atoms with Gasteiger partial charge in [0.15, 0.2) is 17.3 Å². The lowest BCUT2D eigenvalue weighted by atomic mass is 9.57. The third-order valence-electron chi connectivity index (χ3n) is 6.51. The van der Waals surface area contributed by atoms with E-state index >= 15 is 0 Å². The van der Waals surface area contributed by atoms with Crippen LogP contribution in [0.15, 0.2) is 18.6 Å². The second-order valence-corrected chi connectivity index (χ2v) is 8.37. The summed E-state index contributed by atoms with van der Waals surface area (Å²) in [5.74, 6) is -1.02. The number of carboxylic acid groups (broad SMARTS) is 1. The zero-order valence-electron chi connectivity index (χ0n) is 15.5. The Balaban J connectivity index is 1.51. The third kappa shape index (κ3) is 3.15. The van der Waals surface area contributed by atoms with E-state index in [9.17, 15) is 14.3 Å². The van der Waals surface area contributed by atoms with Gasteiger partial charge in [-0.2, -0.15) is 0 Å². The maximum atomic E-state index is 14.6. The van der Waals surface area contributed by atoms with E-state index in [0.29, 0.717) is 34.9 Å². The second-order valence-electron chi connectivity index (χ2n) is 7.99. The van der Waals surface area contributed by atoms with E-state index in [2.05, 4.69) is 24.9 Å². The molecule has 3 aliphatic carbocycles. The van der Waals surface area contributed by atoms with Crippen LogP contribution in [0.25, 0.3) is 22.6 Å². The fourth-order valence-electron chi connectivity index (χ4n) is 5.19. The lowest BCUT2D eigenvalue weighted by Gasteiger charge is -2.46. The summed E-state index contributed by atoms with van der Waals surface area (Å²) < 4.78 is 14.6. The zero-order valence-corrected chi connectivity index (χ0v) is 16.2. The molecule has 2 N–H and O–H groups in total. The summed E-state index contributed by atoms with van der Waals surface area (Å²) in [6.07, 6.45) is 8.46. The Labute approximate surface area is 170 Å². The molecule has 7 nitrogen and oxygen atoms in total. The van der Waals surface area contributed by atoms with Crippen LogP contribution in [0.5, 0.6) is 0 Å². The highest BCUT2D eigenvalue weighted by Gasteiger charge is 2.47. The van der Waals surface area contributed by atoms with Crippen molar-refractivity contribution < 1.29 is 14.3 Å². The van der Waals surface area contributed by atoms with Crippen LogP contribution < -0.4 is 0 Å². The molecule has 6 rings (SSSR count). The van der Waals surface area contributed by atoms with E-state index in [0.717, 1.165) is 31.9 Å². The lowest BCUT2D eigenvalue weighted by molar-refractivity contribution is -0.152. The average Bonchev–Trinajstić information content (AvgIpc) is 3.13. The molecule has 0 spiro atoms. The number of carboxylic acids is 1. The first kappa shape index (κ1) is 18.4. The Hall–Kier alpha value is -2.61. The van der Waals surface area contributed by atoms with Crippen molar-refractivity contribution in [3.63, 3.8) is 0 Å². The van der Waals surface area contributed by atoms with E-state index in [1.807, 2.05) is 0 Å². The number of fused-ring (bicyclic) bond motifs is 4. The number of hydrogen-bond donors (Lipinski definition) is 2. The number of aliphatic carboxylic acids is 1. The van der Waals surface area contributed by atoms with Crippen LogP contribution in [0.4, 0.5) is 4.39 Å². The molecular weight excluding hydrogens is 397 g/mol. The molecule has 0 aromatic carbocycles. The van der Waals surface area contributed by atoms with Gasteiger partial charge in [-0.15, -0.1) is 0 Å². The molecule has 2 bridgehead atoms. The van der Waals surface area contributed by atoms with E-state index in [-0.39, 0.29) is 22.7 Å². The number of nitrogens with one attached hydrogen (secondary N) is 1. The van der Waals surface area contributed by atoms with Gasteiger partial charge in [-0.05, 0) is 49.9 Å². The number of nitrogens with zero attached hydrogens (tertiary/aromatic N) is 4. The lowest BCUT2D eigenvalue weighted by Crippen LogP contribution is -2.45. The van der Waals surface area contributed by atoms with Crippen LogP contribution in [0.2, 0.25) is 5.15 Å². The summed E-state index contributed by atoms with van der Waals surface area (Å²) in [5.41, 5.74) is 1.88. The van der Waals surface area contributed by atoms with Crippen LogP contribution in [-0.4, -0.2) is 36.0 Å². The summed E-state index contributed by atoms with van der Waals surface area (Å²) in [5, 5.41) is 10.0. The van der Waals surface area contributed by atoms with Crippen molar-refractivity contribution in [3.8, 4) is 11.4 Å². The maximum Gasteiger partial charge on any atom is 0.307 e. The van der Waals surface area contributed by atoms with Gasteiger partial charge >= 0.3 is 5.97 Å². The topological polar surface area (TPSA) is 105 Å². The summed E-state index contributed by atoms with van der Waals surface area (Å²) in [6, 6.07) is 0. The molecule has 0 saturated heterocycles. The summed E-state index contributed by atoms with van der Waals surface area (Å²) in [7, 11) is 0. The summed E-state index contributed by atoms with van der Waals surface area (Å²) in [4.78, 5) is 31.9. The molecule has 3 heterocycles. The van der Waals surface area contributed by atoms with E-state index in [1.54, 1.807) is 6.20 Å². The van der Waals surface area contributed by atoms with Crippen LogP contribution in [0.1, 0.15) is 31.4 Å². The van der Waals surface area contributed by atoms with Crippen molar-refractivity contribution in [2.24, 2.45) is 23.7 Å². The Morgan fingerprint density at radius 3 is 2.69 bits per heavy atom. The largest absolute Gasteiger partial charge is 0.481 e. The Morgan fingerprint density at radius 1 is 1.17 bits per heavy atom. The number of hydrogen-bond acceptors (Lipinski definition) is 5. The molecule has 2 atom stereocenters. The standard InChI is InChI=1S/C20H19ClFN5O2/c21-15-8-25-19-17(27-15)12(6-23-19)18-24-7-13(22)14(26-18)5-11-9-1-3-10(4-2-9)16(11)20(28)29/h6-11,16H,1-5H2,(H,23,25)(H,28,29)/t9?,10?,11-,16-/m0/s1. The van der Waals surface area contributed by atoms with Crippen LogP contribution in [-0.2, 0) is 11.2 Å². The molecule has 0 aliphatic heterocycles. The first-order valence-corrected chi connectivity index (χ1v) is 10.1. The number of aromatic nitrogens is 5. The van der Waals surface area contributed by atoms with Crippen LogP contribution in [0, 0.1) is 29.5 Å². The first-order valence-electron chi connectivity index (χ1n) is 9.75. The molecular formula is C20H19ClFN5O2. The van der Waals surface area contributed by atoms with E-state index in [4.69, 9.17) is 11.6 Å². The minimum absolute atomic E-state index is 0.102. The van der Waals surface area contributed by atoms with Gasteiger partial charge in [0, 0.05) is 6.20 Å². The number of rotatable bonds is 4. The predicted molar refractivity (Wildman–Crippen MR) is 104 cm³/mol. The number of H-pyrrole nitrogens is 1.